The summed E-state index contributed by atoms with van der Waals surface area (Å²) < 4.78 is 5.02. The molecule has 2 N–H and O–H groups in total. The Bertz CT molecular complexity index is 730. The fourth-order valence-corrected chi connectivity index (χ4v) is 2.45. The molecule has 7 nitrogen and oxygen atoms in total. The lowest BCUT2D eigenvalue weighted by Gasteiger charge is -2.11. The summed E-state index contributed by atoms with van der Waals surface area (Å²) in [5, 5.41) is 13.1. The van der Waals surface area contributed by atoms with Gasteiger partial charge >= 0.3 is 5.97 Å². The molecule has 0 aliphatic rings. The van der Waals surface area contributed by atoms with Crippen LogP contribution in [0.25, 0.3) is 0 Å². The van der Waals surface area contributed by atoms with Crippen LogP contribution in [0, 0.1) is 0 Å². The lowest BCUT2D eigenvalue weighted by Crippen LogP contribution is -2.13. The molecular formula is C15H17ClN4O3S. The maximum atomic E-state index is 12.0. The van der Waals surface area contributed by atoms with E-state index in [0.29, 0.717) is 28.2 Å². The van der Waals surface area contributed by atoms with Crippen molar-refractivity contribution in [3.05, 3.63) is 40.3 Å². The van der Waals surface area contributed by atoms with Crippen LogP contribution in [0.1, 0.15) is 28.5 Å². The summed E-state index contributed by atoms with van der Waals surface area (Å²) in [7, 11) is 0. The highest BCUT2D eigenvalue weighted by Crippen LogP contribution is 2.20. The van der Waals surface area contributed by atoms with Crippen LogP contribution >= 0.6 is 23.4 Å². The van der Waals surface area contributed by atoms with E-state index in [-0.39, 0.29) is 18.8 Å². The zero-order valence-corrected chi connectivity index (χ0v) is 14.8. The number of hydrogen-bond donors (Lipinski definition) is 2. The number of carbonyl (C=O) groups is 1. The minimum absolute atomic E-state index is 0.220. The maximum absolute atomic E-state index is 12.0. The first-order valence-electron chi connectivity index (χ1n) is 7.15. The summed E-state index contributed by atoms with van der Waals surface area (Å²) in [6, 6.07) is 1.70. The van der Waals surface area contributed by atoms with Crippen molar-refractivity contribution >= 4 is 35.1 Å². The number of esters is 1. The summed E-state index contributed by atoms with van der Waals surface area (Å²) in [6.07, 6.45) is 4.89. The van der Waals surface area contributed by atoms with Gasteiger partial charge in [0.1, 0.15) is 11.4 Å². The molecule has 0 saturated heterocycles. The van der Waals surface area contributed by atoms with E-state index in [1.165, 1.54) is 18.0 Å². The smallest absolute Gasteiger partial charge is 0.343 e. The van der Waals surface area contributed by atoms with Crippen molar-refractivity contribution < 1.29 is 14.6 Å². The molecule has 0 amide bonds. The summed E-state index contributed by atoms with van der Waals surface area (Å²) >= 11 is 7.40. The van der Waals surface area contributed by atoms with E-state index < -0.39 is 5.97 Å². The van der Waals surface area contributed by atoms with Gasteiger partial charge in [0, 0.05) is 18.9 Å². The third kappa shape index (κ3) is 4.56. The molecule has 0 aromatic carbocycles. The van der Waals surface area contributed by atoms with Gasteiger partial charge in [-0.05, 0) is 24.8 Å². The molecule has 2 rings (SSSR count). The van der Waals surface area contributed by atoms with Gasteiger partial charge in [0.05, 0.1) is 23.9 Å². The van der Waals surface area contributed by atoms with E-state index in [1.54, 1.807) is 19.2 Å². The van der Waals surface area contributed by atoms with Crippen LogP contribution in [-0.4, -0.2) is 38.9 Å². The van der Waals surface area contributed by atoms with Gasteiger partial charge in [-0.2, -0.15) is 0 Å². The Balaban J connectivity index is 2.21. The molecule has 0 fully saturated rings. The Morgan fingerprint density at radius 2 is 2.21 bits per heavy atom. The SMILES string of the molecule is CCOC(=O)c1cnc(SC)nc1NCc1cnc(CO)c(Cl)c1. The second kappa shape index (κ2) is 8.81. The summed E-state index contributed by atoms with van der Waals surface area (Å²) in [5.41, 5.74) is 1.47. The first kappa shape index (κ1) is 18.4. The molecule has 2 aromatic heterocycles. The molecule has 9 heteroatoms. The number of nitrogens with one attached hydrogen (secondary N) is 1. The molecule has 0 radical (unpaired) electrons. The fourth-order valence-electron chi connectivity index (χ4n) is 1.86. The number of anilines is 1. The average Bonchev–Trinajstić information content (AvgIpc) is 2.60. The highest BCUT2D eigenvalue weighted by Gasteiger charge is 2.16. The van der Waals surface area contributed by atoms with Crippen molar-refractivity contribution in [1.29, 1.82) is 0 Å². The molecule has 2 aromatic rings. The summed E-state index contributed by atoms with van der Waals surface area (Å²) in [4.78, 5) is 24.5. The van der Waals surface area contributed by atoms with Crippen LogP contribution in [0.5, 0.6) is 0 Å². The minimum atomic E-state index is -0.487. The number of aliphatic hydroxyl groups excluding tert-OH is 1. The zero-order valence-electron chi connectivity index (χ0n) is 13.2. The molecule has 0 spiro atoms. The molecule has 0 aliphatic carbocycles. The van der Waals surface area contributed by atoms with E-state index in [0.717, 1.165) is 5.56 Å². The summed E-state index contributed by atoms with van der Waals surface area (Å²) in [5.74, 6) is -0.102. The lowest BCUT2D eigenvalue weighted by atomic mass is 10.2. The number of rotatable bonds is 7. The Morgan fingerprint density at radius 1 is 1.42 bits per heavy atom. The maximum Gasteiger partial charge on any atom is 0.343 e. The number of halogens is 1. The number of aromatic nitrogens is 3. The Labute approximate surface area is 148 Å². The topological polar surface area (TPSA) is 97.2 Å². The average molecular weight is 369 g/mol. The molecule has 2 heterocycles. The fraction of sp³-hybridized carbons (Fsp3) is 0.333. The summed E-state index contributed by atoms with van der Waals surface area (Å²) in [6.45, 7) is 2.14. The quantitative estimate of drug-likeness (QED) is 0.437. The number of ether oxygens (including phenoxy) is 1. The van der Waals surface area contributed by atoms with E-state index >= 15 is 0 Å². The van der Waals surface area contributed by atoms with Crippen molar-refractivity contribution in [3.63, 3.8) is 0 Å². The number of aliphatic hydroxyl groups is 1. The number of nitrogens with zero attached hydrogens (tertiary/aromatic N) is 3. The van der Waals surface area contributed by atoms with Crippen LogP contribution in [-0.2, 0) is 17.9 Å². The molecule has 128 valence electrons. The van der Waals surface area contributed by atoms with Crippen LogP contribution < -0.4 is 5.32 Å². The van der Waals surface area contributed by atoms with Gasteiger partial charge in [-0.1, -0.05) is 23.4 Å². The monoisotopic (exact) mass is 368 g/mol. The third-order valence-corrected chi connectivity index (χ3v) is 3.92. The van der Waals surface area contributed by atoms with E-state index in [4.69, 9.17) is 21.4 Å². The van der Waals surface area contributed by atoms with Crippen LogP contribution in [0.3, 0.4) is 0 Å². The standard InChI is InChI=1S/C15H17ClN4O3S/c1-3-23-14(22)10-7-19-15(24-2)20-13(10)18-6-9-4-11(16)12(8-21)17-5-9/h4-5,7,21H,3,6,8H2,1-2H3,(H,18,19,20). The zero-order chi connectivity index (χ0) is 17.5. The van der Waals surface area contributed by atoms with Gasteiger partial charge < -0.3 is 15.2 Å². The number of carbonyl (C=O) groups excluding carboxylic acids is 1. The first-order valence-corrected chi connectivity index (χ1v) is 8.75. The third-order valence-electron chi connectivity index (χ3n) is 3.03. The normalized spacial score (nSPS) is 10.5. The van der Waals surface area contributed by atoms with Gasteiger partial charge in [0.2, 0.25) is 0 Å². The van der Waals surface area contributed by atoms with Crippen LogP contribution in [0.2, 0.25) is 5.02 Å². The van der Waals surface area contributed by atoms with Crippen molar-refractivity contribution in [2.75, 3.05) is 18.2 Å². The Hall–Kier alpha value is -1.90. The van der Waals surface area contributed by atoms with Gasteiger partial charge in [0.15, 0.2) is 5.16 Å². The first-order chi connectivity index (χ1) is 11.6. The molecule has 0 saturated carbocycles. The van der Waals surface area contributed by atoms with Gasteiger partial charge in [0.25, 0.3) is 0 Å². The predicted molar refractivity (Wildman–Crippen MR) is 92.3 cm³/mol. The molecule has 0 atom stereocenters. The van der Waals surface area contributed by atoms with Gasteiger partial charge in [-0.3, -0.25) is 4.98 Å². The van der Waals surface area contributed by atoms with Crippen molar-refractivity contribution in [2.24, 2.45) is 0 Å². The molecular weight excluding hydrogens is 352 g/mol. The predicted octanol–water partition coefficient (Wildman–Crippen LogP) is 2.53. The van der Waals surface area contributed by atoms with Crippen molar-refractivity contribution in [1.82, 2.24) is 15.0 Å². The molecule has 0 bridgehead atoms. The minimum Gasteiger partial charge on any atom is -0.462 e. The molecule has 0 aliphatic heterocycles. The van der Waals surface area contributed by atoms with E-state index in [2.05, 4.69) is 20.3 Å². The van der Waals surface area contributed by atoms with E-state index in [1.807, 2.05) is 6.26 Å². The molecule has 0 unspecified atom stereocenters. The van der Waals surface area contributed by atoms with Crippen molar-refractivity contribution in [3.8, 4) is 0 Å². The number of pyridine rings is 1. The highest BCUT2D eigenvalue weighted by atomic mass is 35.5. The van der Waals surface area contributed by atoms with Gasteiger partial charge in [-0.15, -0.1) is 0 Å². The molecule has 24 heavy (non-hydrogen) atoms. The van der Waals surface area contributed by atoms with Crippen LogP contribution in [0.15, 0.2) is 23.6 Å². The second-order valence-electron chi connectivity index (χ2n) is 4.62. The largest absolute Gasteiger partial charge is 0.462 e. The number of thioether (sulfide) groups is 1. The van der Waals surface area contributed by atoms with Crippen LogP contribution in [0.4, 0.5) is 5.82 Å². The highest BCUT2D eigenvalue weighted by molar-refractivity contribution is 7.98. The lowest BCUT2D eigenvalue weighted by molar-refractivity contribution is 0.0526. The van der Waals surface area contributed by atoms with E-state index in [9.17, 15) is 4.79 Å². The Kier molecular flexibility index (Phi) is 6.77. The Morgan fingerprint density at radius 3 is 2.83 bits per heavy atom. The number of hydrogen-bond acceptors (Lipinski definition) is 8. The van der Waals surface area contributed by atoms with Crippen molar-refractivity contribution in [2.45, 2.75) is 25.2 Å². The van der Waals surface area contributed by atoms with Gasteiger partial charge in [-0.25, -0.2) is 14.8 Å². The second-order valence-corrected chi connectivity index (χ2v) is 5.80.